The van der Waals surface area contributed by atoms with Crippen LogP contribution in [0.4, 0.5) is 5.95 Å². The molecular formula is C23H32N4O3S. The maximum Gasteiger partial charge on any atom is 0.226 e. The fourth-order valence-corrected chi connectivity index (χ4v) is 5.42. The predicted octanol–water partition coefficient (Wildman–Crippen LogP) is 3.25. The molecule has 2 aliphatic rings. The lowest BCUT2D eigenvalue weighted by Crippen LogP contribution is -2.44. The van der Waals surface area contributed by atoms with Crippen molar-refractivity contribution < 1.29 is 13.2 Å². The molecule has 7 nitrogen and oxygen atoms in total. The van der Waals surface area contributed by atoms with Crippen molar-refractivity contribution in [2.75, 3.05) is 30.8 Å². The van der Waals surface area contributed by atoms with Gasteiger partial charge in [-0.15, -0.1) is 0 Å². The van der Waals surface area contributed by atoms with Crippen molar-refractivity contribution in [1.82, 2.24) is 15.3 Å². The fraction of sp³-hybridized carbons (Fsp3) is 0.609. The molecule has 2 fully saturated rings. The molecule has 1 aliphatic heterocycles. The largest absolute Gasteiger partial charge is 0.356 e. The normalized spacial score (nSPS) is 20.7. The number of sulfone groups is 1. The van der Waals surface area contributed by atoms with Crippen molar-refractivity contribution in [3.05, 3.63) is 23.9 Å². The molecule has 0 radical (unpaired) electrons. The quantitative estimate of drug-likeness (QED) is 0.761. The van der Waals surface area contributed by atoms with E-state index in [0.29, 0.717) is 23.9 Å². The van der Waals surface area contributed by atoms with E-state index in [4.69, 9.17) is 0 Å². The highest BCUT2D eigenvalue weighted by Crippen LogP contribution is 2.26. The van der Waals surface area contributed by atoms with E-state index >= 15 is 0 Å². The van der Waals surface area contributed by atoms with Crippen molar-refractivity contribution in [1.29, 1.82) is 0 Å². The van der Waals surface area contributed by atoms with Crippen LogP contribution in [0.3, 0.4) is 0 Å². The highest BCUT2D eigenvalue weighted by Gasteiger charge is 2.28. The molecule has 31 heavy (non-hydrogen) atoms. The molecule has 1 saturated carbocycles. The van der Waals surface area contributed by atoms with Gasteiger partial charge < -0.3 is 10.2 Å². The third-order valence-corrected chi connectivity index (χ3v) is 7.75. The minimum atomic E-state index is -3.31. The number of anilines is 1. The molecule has 1 aromatic heterocycles. The maximum absolute atomic E-state index is 12.8. The summed E-state index contributed by atoms with van der Waals surface area (Å²) in [4.78, 5) is 24.5. The van der Waals surface area contributed by atoms with Crippen molar-refractivity contribution in [3.8, 4) is 0 Å². The van der Waals surface area contributed by atoms with Crippen molar-refractivity contribution in [3.63, 3.8) is 0 Å². The van der Waals surface area contributed by atoms with E-state index in [9.17, 15) is 13.2 Å². The summed E-state index contributed by atoms with van der Waals surface area (Å²) < 4.78 is 23.9. The average molecular weight is 445 g/mol. The molecule has 2 aromatic rings. The lowest BCUT2D eigenvalue weighted by Gasteiger charge is -2.32. The summed E-state index contributed by atoms with van der Waals surface area (Å²) in [5.74, 6) is 1.25. The minimum absolute atomic E-state index is 0.0701. The number of benzene rings is 1. The van der Waals surface area contributed by atoms with Crippen LogP contribution in [0.25, 0.3) is 10.9 Å². The number of nitrogens with zero attached hydrogens (tertiary/aromatic N) is 3. The number of aryl methyl sites for hydroxylation is 1. The van der Waals surface area contributed by atoms with E-state index in [1.165, 1.54) is 38.4 Å². The summed E-state index contributed by atoms with van der Waals surface area (Å²) in [5.41, 5.74) is 1.43. The second kappa shape index (κ2) is 9.10. The number of carbonyl (C=O) groups excluding carboxylic acids is 1. The Morgan fingerprint density at radius 2 is 1.90 bits per heavy atom. The zero-order valence-corrected chi connectivity index (χ0v) is 19.2. The summed E-state index contributed by atoms with van der Waals surface area (Å²) >= 11 is 0. The molecule has 0 bridgehead atoms. The number of carbonyl (C=O) groups is 1. The van der Waals surface area contributed by atoms with Gasteiger partial charge in [-0.3, -0.25) is 4.79 Å². The van der Waals surface area contributed by atoms with Crippen molar-refractivity contribution in [2.45, 2.75) is 56.8 Å². The molecule has 1 atom stereocenters. The second-order valence-electron chi connectivity index (χ2n) is 9.09. The van der Waals surface area contributed by atoms with E-state index in [-0.39, 0.29) is 16.7 Å². The Morgan fingerprint density at radius 1 is 1.13 bits per heavy atom. The van der Waals surface area contributed by atoms with E-state index in [1.54, 1.807) is 18.2 Å². The Labute approximate surface area is 184 Å². The Hall–Kier alpha value is -2.22. The van der Waals surface area contributed by atoms with Gasteiger partial charge in [-0.25, -0.2) is 18.4 Å². The van der Waals surface area contributed by atoms with Crippen LogP contribution in [-0.4, -0.2) is 50.2 Å². The number of fused-ring (bicyclic) bond motifs is 1. The molecule has 4 rings (SSSR count). The smallest absolute Gasteiger partial charge is 0.226 e. The number of aromatic nitrogens is 2. The van der Waals surface area contributed by atoms with E-state index < -0.39 is 9.84 Å². The standard InChI is InChI=1S/C23H32N4O3S/c1-16-20-11-10-19(31(2,29)30)13-21(20)26-23(25-16)27-12-6-9-18(15-27)22(28)24-14-17-7-4-3-5-8-17/h10-11,13,17-18H,3-9,12,14-15H2,1-2H3,(H,24,28)/t18-/m0/s1. The zero-order valence-electron chi connectivity index (χ0n) is 18.4. The average Bonchev–Trinajstić information content (AvgIpc) is 2.77. The van der Waals surface area contributed by atoms with E-state index in [2.05, 4.69) is 20.2 Å². The molecule has 1 N–H and O–H groups in total. The van der Waals surface area contributed by atoms with E-state index in [1.807, 2.05) is 6.92 Å². The summed E-state index contributed by atoms with van der Waals surface area (Å²) in [6.07, 6.45) is 9.29. The Kier molecular flexibility index (Phi) is 6.46. The monoisotopic (exact) mass is 444 g/mol. The van der Waals surface area contributed by atoms with Crippen LogP contribution in [0.5, 0.6) is 0 Å². The summed E-state index contributed by atoms with van der Waals surface area (Å²) in [6.45, 7) is 4.08. The van der Waals surface area contributed by atoms with Gasteiger partial charge in [0.05, 0.1) is 22.0 Å². The summed E-state index contributed by atoms with van der Waals surface area (Å²) in [6, 6.07) is 4.98. The van der Waals surface area contributed by atoms with Gasteiger partial charge in [-0.1, -0.05) is 19.3 Å². The third-order valence-electron chi connectivity index (χ3n) is 6.64. The first-order chi connectivity index (χ1) is 14.8. The minimum Gasteiger partial charge on any atom is -0.356 e. The van der Waals surface area contributed by atoms with Crippen LogP contribution in [0, 0.1) is 18.8 Å². The van der Waals surface area contributed by atoms with Crippen LogP contribution in [0.2, 0.25) is 0 Å². The topological polar surface area (TPSA) is 92.3 Å². The summed E-state index contributed by atoms with van der Waals surface area (Å²) in [7, 11) is -3.31. The Bertz CT molecular complexity index is 1060. The number of rotatable bonds is 5. The molecule has 1 aliphatic carbocycles. The molecule has 1 amide bonds. The molecule has 1 aromatic carbocycles. The molecule has 0 spiro atoms. The molecule has 168 valence electrons. The maximum atomic E-state index is 12.8. The van der Waals surface area contributed by atoms with Gasteiger partial charge in [0.15, 0.2) is 9.84 Å². The number of amides is 1. The van der Waals surface area contributed by atoms with Gasteiger partial charge in [0.2, 0.25) is 11.9 Å². The van der Waals surface area contributed by atoms with Crippen LogP contribution in [-0.2, 0) is 14.6 Å². The molecular weight excluding hydrogens is 412 g/mol. The lowest BCUT2D eigenvalue weighted by atomic mass is 9.89. The second-order valence-corrected chi connectivity index (χ2v) is 11.1. The Balaban J connectivity index is 1.48. The SMILES string of the molecule is Cc1nc(N2CCC[C@H](C(=O)NCC3CCCCC3)C2)nc2cc(S(C)(=O)=O)ccc12. The number of piperidine rings is 1. The molecule has 0 unspecified atom stereocenters. The number of nitrogens with one attached hydrogen (secondary N) is 1. The number of hydrogen-bond acceptors (Lipinski definition) is 6. The third kappa shape index (κ3) is 5.17. The first-order valence-corrected chi connectivity index (χ1v) is 13.2. The van der Waals surface area contributed by atoms with Gasteiger partial charge in [0.25, 0.3) is 0 Å². The highest BCUT2D eigenvalue weighted by atomic mass is 32.2. The van der Waals surface area contributed by atoms with Gasteiger partial charge in [-0.05, 0) is 56.7 Å². The van der Waals surface area contributed by atoms with Gasteiger partial charge in [0.1, 0.15) is 0 Å². The van der Waals surface area contributed by atoms with Crippen LogP contribution in [0.1, 0.15) is 50.6 Å². The lowest BCUT2D eigenvalue weighted by molar-refractivity contribution is -0.125. The molecule has 1 saturated heterocycles. The molecule has 2 heterocycles. The van der Waals surface area contributed by atoms with Crippen LogP contribution < -0.4 is 10.2 Å². The van der Waals surface area contributed by atoms with Gasteiger partial charge in [-0.2, -0.15) is 0 Å². The predicted molar refractivity (Wildman–Crippen MR) is 122 cm³/mol. The zero-order chi connectivity index (χ0) is 22.0. The first-order valence-electron chi connectivity index (χ1n) is 11.3. The van der Waals surface area contributed by atoms with Crippen molar-refractivity contribution >= 4 is 32.6 Å². The van der Waals surface area contributed by atoms with Crippen LogP contribution >= 0.6 is 0 Å². The Morgan fingerprint density at radius 3 is 2.65 bits per heavy atom. The molecule has 8 heteroatoms. The van der Waals surface area contributed by atoms with Gasteiger partial charge >= 0.3 is 0 Å². The summed E-state index contributed by atoms with van der Waals surface area (Å²) in [5, 5.41) is 4.03. The highest BCUT2D eigenvalue weighted by molar-refractivity contribution is 7.90. The first kappa shape index (κ1) is 22.0. The van der Waals surface area contributed by atoms with E-state index in [0.717, 1.165) is 37.0 Å². The van der Waals surface area contributed by atoms with Gasteiger partial charge in [0, 0.05) is 31.3 Å². The van der Waals surface area contributed by atoms with Crippen LogP contribution in [0.15, 0.2) is 23.1 Å². The van der Waals surface area contributed by atoms with Crippen molar-refractivity contribution in [2.24, 2.45) is 11.8 Å². The fourth-order valence-electron chi connectivity index (χ4n) is 4.78. The number of hydrogen-bond donors (Lipinski definition) is 1.